The first-order valence-electron chi connectivity index (χ1n) is 6.58. The molecule has 2 rings (SSSR count). The van der Waals surface area contributed by atoms with E-state index >= 15 is 0 Å². The van der Waals surface area contributed by atoms with E-state index in [0.717, 1.165) is 25.7 Å². The van der Waals surface area contributed by atoms with Gasteiger partial charge in [0.2, 0.25) is 11.6 Å². The summed E-state index contributed by atoms with van der Waals surface area (Å²) in [5.74, 6) is 1.29. The molecule has 1 aromatic rings. The number of nitrogens with one attached hydrogen (secondary N) is 1. The van der Waals surface area contributed by atoms with Crippen LogP contribution in [0.15, 0.2) is 0 Å². The topological polar surface area (TPSA) is 93.2 Å². The number of aromatic nitrogens is 2. The SMILES string of the molecule is Cc1nc([N+](=O)[O-])c(NCC2CCCC(O)C2)n1C. The molecular formula is C12H20N4O3. The van der Waals surface area contributed by atoms with E-state index in [1.807, 2.05) is 0 Å². The molecule has 1 aromatic heterocycles. The van der Waals surface area contributed by atoms with Gasteiger partial charge in [-0.15, -0.1) is 0 Å². The van der Waals surface area contributed by atoms with Crippen molar-refractivity contribution in [1.29, 1.82) is 0 Å². The monoisotopic (exact) mass is 268 g/mol. The third-order valence-electron chi connectivity index (χ3n) is 3.79. The number of aryl methyl sites for hydroxylation is 1. The summed E-state index contributed by atoms with van der Waals surface area (Å²) < 4.78 is 1.69. The van der Waals surface area contributed by atoms with Gasteiger partial charge in [-0.25, -0.2) is 0 Å². The summed E-state index contributed by atoms with van der Waals surface area (Å²) >= 11 is 0. The Morgan fingerprint density at radius 1 is 1.58 bits per heavy atom. The second-order valence-corrected chi connectivity index (χ2v) is 5.21. The third kappa shape index (κ3) is 3.04. The zero-order chi connectivity index (χ0) is 14.0. The number of nitrogens with zero attached hydrogens (tertiary/aromatic N) is 3. The smallest absolute Gasteiger partial charge is 0.393 e. The van der Waals surface area contributed by atoms with Gasteiger partial charge in [0.15, 0.2) is 0 Å². The maximum absolute atomic E-state index is 10.9. The van der Waals surface area contributed by atoms with Crippen molar-refractivity contribution in [2.24, 2.45) is 13.0 Å². The summed E-state index contributed by atoms with van der Waals surface area (Å²) in [6.07, 6.45) is 3.46. The van der Waals surface area contributed by atoms with Gasteiger partial charge >= 0.3 is 5.82 Å². The normalized spacial score (nSPS) is 23.3. The lowest BCUT2D eigenvalue weighted by atomic mass is 9.87. The van der Waals surface area contributed by atoms with Crippen molar-refractivity contribution >= 4 is 11.6 Å². The first-order chi connectivity index (χ1) is 8.99. The molecular weight excluding hydrogens is 248 g/mol. The molecule has 0 aromatic carbocycles. The fourth-order valence-electron chi connectivity index (χ4n) is 2.61. The quantitative estimate of drug-likeness (QED) is 0.639. The lowest BCUT2D eigenvalue weighted by Crippen LogP contribution is -2.25. The number of aliphatic hydroxyl groups is 1. The summed E-state index contributed by atoms with van der Waals surface area (Å²) in [4.78, 5) is 14.4. The van der Waals surface area contributed by atoms with Crippen LogP contribution in [0.4, 0.5) is 11.6 Å². The van der Waals surface area contributed by atoms with E-state index in [0.29, 0.717) is 24.1 Å². The molecule has 7 heteroatoms. The van der Waals surface area contributed by atoms with Crippen molar-refractivity contribution in [3.63, 3.8) is 0 Å². The average molecular weight is 268 g/mol. The molecule has 1 aliphatic carbocycles. The van der Waals surface area contributed by atoms with Crippen LogP contribution in [0.1, 0.15) is 31.5 Å². The maximum Gasteiger partial charge on any atom is 0.406 e. The van der Waals surface area contributed by atoms with Gasteiger partial charge in [-0.1, -0.05) is 6.42 Å². The highest BCUT2D eigenvalue weighted by Crippen LogP contribution is 2.27. The second-order valence-electron chi connectivity index (χ2n) is 5.21. The van der Waals surface area contributed by atoms with Crippen molar-refractivity contribution in [3.05, 3.63) is 15.9 Å². The Morgan fingerprint density at radius 2 is 2.32 bits per heavy atom. The van der Waals surface area contributed by atoms with E-state index in [1.165, 1.54) is 0 Å². The highest BCUT2D eigenvalue weighted by molar-refractivity contribution is 5.53. The molecule has 19 heavy (non-hydrogen) atoms. The Balaban J connectivity index is 2.04. The van der Waals surface area contributed by atoms with Crippen molar-refractivity contribution in [1.82, 2.24) is 9.55 Å². The number of aliphatic hydroxyl groups excluding tert-OH is 1. The Hall–Kier alpha value is -1.63. The minimum atomic E-state index is -0.467. The van der Waals surface area contributed by atoms with E-state index in [1.54, 1.807) is 18.5 Å². The van der Waals surface area contributed by atoms with E-state index in [9.17, 15) is 15.2 Å². The molecule has 0 aliphatic heterocycles. The molecule has 0 saturated heterocycles. The molecule has 2 unspecified atom stereocenters. The van der Waals surface area contributed by atoms with Crippen molar-refractivity contribution in [2.45, 2.75) is 38.7 Å². The number of hydrogen-bond acceptors (Lipinski definition) is 5. The van der Waals surface area contributed by atoms with E-state index < -0.39 is 4.92 Å². The Kier molecular flexibility index (Phi) is 4.04. The van der Waals surface area contributed by atoms with Gasteiger partial charge < -0.3 is 20.5 Å². The van der Waals surface area contributed by atoms with Gasteiger partial charge in [-0.3, -0.25) is 4.57 Å². The molecule has 7 nitrogen and oxygen atoms in total. The molecule has 1 fully saturated rings. The molecule has 1 heterocycles. The van der Waals surface area contributed by atoms with E-state index in [4.69, 9.17) is 0 Å². The molecule has 0 radical (unpaired) electrons. The lowest BCUT2D eigenvalue weighted by Gasteiger charge is -2.26. The zero-order valence-electron chi connectivity index (χ0n) is 11.3. The van der Waals surface area contributed by atoms with Crippen LogP contribution in [0.3, 0.4) is 0 Å². The predicted octanol–water partition coefficient (Wildman–Crippen LogP) is 1.60. The van der Waals surface area contributed by atoms with Crippen LogP contribution in [0.2, 0.25) is 0 Å². The van der Waals surface area contributed by atoms with Gasteiger partial charge in [0, 0.05) is 20.5 Å². The highest BCUT2D eigenvalue weighted by atomic mass is 16.6. The number of rotatable bonds is 4. The van der Waals surface area contributed by atoms with E-state index in [-0.39, 0.29) is 11.9 Å². The number of nitro groups is 1. The van der Waals surface area contributed by atoms with Crippen LogP contribution >= 0.6 is 0 Å². The Bertz CT molecular complexity index is 472. The summed E-state index contributed by atoms with van der Waals surface area (Å²) in [5, 5.41) is 23.7. The molecule has 2 N–H and O–H groups in total. The summed E-state index contributed by atoms with van der Waals surface area (Å²) in [7, 11) is 1.76. The fourth-order valence-corrected chi connectivity index (χ4v) is 2.61. The summed E-state index contributed by atoms with van der Waals surface area (Å²) in [6, 6.07) is 0. The van der Waals surface area contributed by atoms with Gasteiger partial charge in [-0.05, 0) is 35.1 Å². The number of anilines is 1. The summed E-state index contributed by atoms with van der Waals surface area (Å²) in [6.45, 7) is 2.37. The van der Waals surface area contributed by atoms with Crippen LogP contribution in [0, 0.1) is 23.0 Å². The molecule has 1 aliphatic rings. The molecule has 1 saturated carbocycles. The second kappa shape index (κ2) is 5.56. The number of imidazole rings is 1. The molecule has 106 valence electrons. The standard InChI is InChI=1S/C12H20N4O3/c1-8-14-12(16(18)19)11(15(8)2)13-7-9-4-3-5-10(17)6-9/h9-10,13,17H,3-7H2,1-2H3. The van der Waals surface area contributed by atoms with Crippen LogP contribution in [-0.2, 0) is 7.05 Å². The van der Waals surface area contributed by atoms with Crippen molar-refractivity contribution in [2.75, 3.05) is 11.9 Å². The average Bonchev–Trinajstić information content (AvgIpc) is 2.64. The third-order valence-corrected chi connectivity index (χ3v) is 3.79. The highest BCUT2D eigenvalue weighted by Gasteiger charge is 2.25. The van der Waals surface area contributed by atoms with E-state index in [2.05, 4.69) is 10.3 Å². The van der Waals surface area contributed by atoms with Gasteiger partial charge in [-0.2, -0.15) is 0 Å². The first-order valence-corrected chi connectivity index (χ1v) is 6.58. The van der Waals surface area contributed by atoms with Gasteiger partial charge in [0.25, 0.3) is 0 Å². The van der Waals surface area contributed by atoms with Crippen molar-refractivity contribution in [3.8, 4) is 0 Å². The summed E-state index contributed by atoms with van der Waals surface area (Å²) in [5.41, 5.74) is 0. The first kappa shape index (κ1) is 13.8. The molecule has 0 bridgehead atoms. The molecule has 0 spiro atoms. The fraction of sp³-hybridized carbons (Fsp3) is 0.750. The minimum absolute atomic E-state index is 0.128. The van der Waals surface area contributed by atoms with Crippen LogP contribution in [-0.4, -0.2) is 32.2 Å². The Morgan fingerprint density at radius 3 is 2.95 bits per heavy atom. The molecule has 2 atom stereocenters. The lowest BCUT2D eigenvalue weighted by molar-refractivity contribution is -0.388. The minimum Gasteiger partial charge on any atom is -0.393 e. The van der Waals surface area contributed by atoms with Crippen LogP contribution in [0.25, 0.3) is 0 Å². The molecule has 0 amide bonds. The van der Waals surface area contributed by atoms with Gasteiger partial charge in [0.05, 0.1) is 6.10 Å². The van der Waals surface area contributed by atoms with Crippen LogP contribution < -0.4 is 5.32 Å². The predicted molar refractivity (Wildman–Crippen MR) is 71.1 cm³/mol. The largest absolute Gasteiger partial charge is 0.406 e. The number of hydrogen-bond donors (Lipinski definition) is 2. The van der Waals surface area contributed by atoms with Crippen LogP contribution in [0.5, 0.6) is 0 Å². The Labute approximate surface area is 111 Å². The maximum atomic E-state index is 10.9. The zero-order valence-corrected chi connectivity index (χ0v) is 11.3. The van der Waals surface area contributed by atoms with Crippen molar-refractivity contribution < 1.29 is 10.0 Å². The van der Waals surface area contributed by atoms with Gasteiger partial charge in [0.1, 0.15) is 0 Å².